The largest absolute Gasteiger partial charge is 0.481 e. The number of nitrogens with one attached hydrogen (secondary N) is 7. The number of carboxylic acid groups (broad SMARTS) is 1. The number of aliphatic carboxylic acids is 1. The van der Waals surface area contributed by atoms with Crippen LogP contribution in [0.1, 0.15) is 129 Å². The number of hydrogen-bond donors (Lipinski definition) is 8. The molecular formula is C58H88N10O16S3. The van der Waals surface area contributed by atoms with Gasteiger partial charge in [-0.3, -0.25) is 57.6 Å². The Labute approximate surface area is 521 Å². The Hall–Kier alpha value is -6.40. The summed E-state index contributed by atoms with van der Waals surface area (Å²) in [5.74, 6) is -8.04. The fourth-order valence-electron chi connectivity index (χ4n) is 8.98. The number of ether oxygens (including phenoxy) is 4. The van der Waals surface area contributed by atoms with Crippen molar-refractivity contribution in [3.05, 3.63) is 39.8 Å². The van der Waals surface area contributed by atoms with Crippen molar-refractivity contribution in [3.63, 3.8) is 0 Å². The molecule has 0 saturated carbocycles. The number of amides is 8. The van der Waals surface area contributed by atoms with Crippen LogP contribution in [0, 0.1) is 17.8 Å². The highest BCUT2D eigenvalue weighted by Crippen LogP contribution is 2.37. The number of anilines is 1. The Morgan fingerprint density at radius 1 is 0.828 bits per heavy atom. The van der Waals surface area contributed by atoms with E-state index < -0.39 is 99.8 Å². The topological polar surface area (TPSA) is 348 Å². The molecule has 0 spiro atoms. The Kier molecular flexibility index (Phi) is 29.4. The van der Waals surface area contributed by atoms with Crippen LogP contribution in [-0.4, -0.2) is 197 Å². The molecule has 2 aromatic rings. The molecule has 0 radical (unpaired) electrons. The van der Waals surface area contributed by atoms with Crippen molar-refractivity contribution in [1.82, 2.24) is 46.7 Å². The number of fused-ring (bicyclic) bond motifs is 2. The zero-order valence-corrected chi connectivity index (χ0v) is 54.4. The third kappa shape index (κ3) is 22.6. The van der Waals surface area contributed by atoms with Crippen molar-refractivity contribution in [2.45, 2.75) is 160 Å². The monoisotopic (exact) mass is 1280 g/mol. The maximum Gasteiger partial charge on any atom is 0.313 e. The Morgan fingerprint density at radius 2 is 1.44 bits per heavy atom. The molecule has 4 rings (SSSR count). The van der Waals surface area contributed by atoms with Gasteiger partial charge in [0.1, 0.15) is 39.3 Å². The van der Waals surface area contributed by atoms with Crippen molar-refractivity contribution in [2.75, 3.05) is 71.1 Å². The van der Waals surface area contributed by atoms with Gasteiger partial charge in [-0.05, 0) is 84.2 Å². The summed E-state index contributed by atoms with van der Waals surface area (Å²) in [5.41, 5.74) is -0.586. The first-order valence-corrected chi connectivity index (χ1v) is 32.0. The number of hydrogen-bond acceptors (Lipinski definition) is 20. The van der Waals surface area contributed by atoms with Crippen LogP contribution >= 0.6 is 34.9 Å². The van der Waals surface area contributed by atoms with Crippen LogP contribution in [0.5, 0.6) is 5.75 Å². The molecule has 484 valence electrons. The molecule has 0 aliphatic carbocycles. The molecule has 26 nitrogen and oxygen atoms in total. The normalized spacial score (nSPS) is 21.4. The molecular weight excluding hydrogens is 1190 g/mol. The lowest BCUT2D eigenvalue weighted by atomic mass is 9.92. The fourth-order valence-corrected chi connectivity index (χ4v) is 12.8. The molecule has 5 unspecified atom stereocenters. The summed E-state index contributed by atoms with van der Waals surface area (Å²) in [7, 11) is 5.19. The summed E-state index contributed by atoms with van der Waals surface area (Å²) in [6, 6.07) is -0.174. The minimum atomic E-state index is -1.21. The van der Waals surface area contributed by atoms with E-state index in [9.17, 15) is 57.8 Å². The molecule has 1 aromatic carbocycles. The van der Waals surface area contributed by atoms with Gasteiger partial charge in [0.2, 0.25) is 41.4 Å². The first kappa shape index (κ1) is 73.1. The highest BCUT2D eigenvalue weighted by Gasteiger charge is 2.41. The van der Waals surface area contributed by atoms with Crippen LogP contribution in [0.15, 0.2) is 23.6 Å². The molecule has 29 heteroatoms. The van der Waals surface area contributed by atoms with Gasteiger partial charge in [-0.2, -0.15) is 0 Å². The van der Waals surface area contributed by atoms with Crippen molar-refractivity contribution < 1.29 is 76.8 Å². The zero-order chi connectivity index (χ0) is 64.9. The number of thiazole rings is 1. The molecule has 87 heavy (non-hydrogen) atoms. The average Bonchev–Trinajstić information content (AvgIpc) is 2.34. The second kappa shape index (κ2) is 35.0. The Bertz CT molecular complexity index is 2750. The van der Waals surface area contributed by atoms with E-state index in [0.29, 0.717) is 17.1 Å². The maximum atomic E-state index is 14.4. The van der Waals surface area contributed by atoms with Gasteiger partial charge in [0.05, 0.1) is 50.0 Å². The highest BCUT2D eigenvalue weighted by atomic mass is 32.2. The molecule has 3 heterocycles. The van der Waals surface area contributed by atoms with E-state index in [-0.39, 0.29) is 129 Å². The number of thioether (sulfide) groups is 2. The minimum Gasteiger partial charge on any atom is -0.481 e. The number of carbonyl (C=O) groups excluding carboxylic acids is 10. The average molecular weight is 1280 g/mol. The molecule has 1 fully saturated rings. The van der Waals surface area contributed by atoms with Crippen LogP contribution in [0.4, 0.5) is 5.69 Å². The smallest absolute Gasteiger partial charge is 0.313 e. The van der Waals surface area contributed by atoms with Crippen LogP contribution in [-0.2, 0) is 68.6 Å². The standard InChI is InChI=1S/C58H88N10O16S3/c1-14-32(4)46(66-57(80)58(9,10)67(11)12)55(77)68(13)41(31(2)3)28-43(83-36(8)69)54-65-40(29-85-54)51(74)63-38(25-33(5)56(78)79)26-37-15-16-42-39(27-37)64-50(73)35(7)62-49(72)34(6)61-44(70)17-21-81-23-19-59-52(75)47-48(87-30-86-47)53(76)60-20-24-82-22-18-45(71)84-42/h15-16,27,29,31-35,38,41,43,46-48H,14,17-26,28,30H2,1-13H3,(H,59,75)(H,60,76)(H,61,70)(H,62,72)(H,63,74)(H,64,73)(H,66,80)(H,78,79)/t32-,33?,34?,35?,38+,41+,43+,46-,47?,48?/m0/s1. The number of carboxylic acids is 1. The maximum absolute atomic E-state index is 14.4. The lowest BCUT2D eigenvalue weighted by molar-refractivity contribution is -0.149. The molecule has 2 aliphatic rings. The van der Waals surface area contributed by atoms with Gasteiger partial charge in [-0.25, -0.2) is 4.98 Å². The highest BCUT2D eigenvalue weighted by molar-refractivity contribution is 8.20. The predicted molar refractivity (Wildman–Crippen MR) is 329 cm³/mol. The number of benzene rings is 1. The SMILES string of the molecule is CC[C@H](C)[C@H](NC(=O)C(C)(C)N(C)C)C(=O)N(C)[C@H](C[C@@H](OC(C)=O)c1nc(C(=O)N[C@@H](Cc2ccc3c(c2)NC(=O)C(C)NC(=O)C(C)NC(=O)CCOCCNC(=O)C2SCSC2C(=O)NCCOCCC(=O)O3)CC(C)C(=O)O)cs1)C(C)C. The third-order valence-corrected chi connectivity index (χ3v) is 19.0. The summed E-state index contributed by atoms with van der Waals surface area (Å²) < 4.78 is 22.7. The second-order valence-electron chi connectivity index (χ2n) is 22.7. The minimum absolute atomic E-state index is 0.0227. The Balaban J connectivity index is 1.59. The molecule has 8 N–H and O–H groups in total. The van der Waals surface area contributed by atoms with Gasteiger partial charge >= 0.3 is 17.9 Å². The summed E-state index contributed by atoms with van der Waals surface area (Å²) >= 11 is 3.72. The molecule has 2 aliphatic heterocycles. The van der Waals surface area contributed by atoms with Gasteiger partial charge in [0.15, 0.2) is 11.9 Å². The summed E-state index contributed by atoms with van der Waals surface area (Å²) in [4.78, 5) is 154. The van der Waals surface area contributed by atoms with Crippen LogP contribution in [0.2, 0.25) is 0 Å². The summed E-state index contributed by atoms with van der Waals surface area (Å²) in [6.45, 7) is 16.9. The number of rotatable bonds is 19. The Morgan fingerprint density at radius 3 is 2.01 bits per heavy atom. The van der Waals surface area contributed by atoms with E-state index in [0.717, 1.165) is 11.3 Å². The van der Waals surface area contributed by atoms with E-state index in [4.69, 9.17) is 18.9 Å². The van der Waals surface area contributed by atoms with Gasteiger partial charge < -0.3 is 66.2 Å². The number of aromatic nitrogens is 1. The van der Waals surface area contributed by atoms with E-state index in [1.807, 2.05) is 27.7 Å². The summed E-state index contributed by atoms with van der Waals surface area (Å²) in [6.07, 6.45) is -0.830. The first-order valence-electron chi connectivity index (χ1n) is 29.0. The van der Waals surface area contributed by atoms with E-state index in [1.165, 1.54) is 68.7 Å². The van der Waals surface area contributed by atoms with E-state index >= 15 is 0 Å². The van der Waals surface area contributed by atoms with Crippen molar-refractivity contribution in [1.29, 1.82) is 0 Å². The van der Waals surface area contributed by atoms with Crippen molar-refractivity contribution in [3.8, 4) is 5.75 Å². The molecule has 10 atom stereocenters. The summed E-state index contributed by atoms with van der Waals surface area (Å²) in [5, 5.41) is 30.2. The number of esters is 2. The number of nitrogens with zero attached hydrogens (tertiary/aromatic N) is 3. The van der Waals surface area contributed by atoms with Crippen molar-refractivity contribution >= 4 is 106 Å². The first-order chi connectivity index (χ1) is 40.9. The molecule has 1 saturated heterocycles. The molecule has 8 amide bonds. The molecule has 1 aromatic heterocycles. The fraction of sp³-hybridized carbons (Fsp3) is 0.655. The number of likely N-dealkylation sites (N-methyl/N-ethyl adjacent to an activating group) is 2. The van der Waals surface area contributed by atoms with Gasteiger partial charge in [-0.15, -0.1) is 34.9 Å². The van der Waals surface area contributed by atoms with Crippen LogP contribution in [0.25, 0.3) is 0 Å². The van der Waals surface area contributed by atoms with E-state index in [1.54, 1.807) is 50.9 Å². The second-order valence-corrected chi connectivity index (χ2v) is 26.2. The lowest BCUT2D eigenvalue weighted by Crippen LogP contribution is -2.60. The van der Waals surface area contributed by atoms with E-state index in [2.05, 4.69) is 42.2 Å². The molecule has 0 bridgehead atoms. The van der Waals surface area contributed by atoms with Crippen LogP contribution < -0.4 is 42.0 Å². The zero-order valence-electron chi connectivity index (χ0n) is 52.0. The number of carbonyl (C=O) groups is 11. The van der Waals surface area contributed by atoms with Gasteiger partial charge in [0.25, 0.3) is 5.91 Å². The van der Waals surface area contributed by atoms with Gasteiger partial charge in [-0.1, -0.05) is 47.1 Å². The lowest BCUT2D eigenvalue weighted by Gasteiger charge is -2.38. The van der Waals surface area contributed by atoms with Crippen molar-refractivity contribution in [2.24, 2.45) is 17.8 Å². The van der Waals surface area contributed by atoms with Gasteiger partial charge in [0, 0.05) is 62.5 Å². The third-order valence-electron chi connectivity index (χ3n) is 15.1. The quantitative estimate of drug-likeness (QED) is 0.0740. The van der Waals surface area contributed by atoms with Crippen LogP contribution in [0.3, 0.4) is 0 Å². The predicted octanol–water partition coefficient (Wildman–Crippen LogP) is 3.03.